The predicted octanol–water partition coefficient (Wildman–Crippen LogP) is 2.93. The van der Waals surface area contributed by atoms with Crippen LogP contribution in [0.25, 0.3) is 0 Å². The molecule has 5 heteroatoms. The summed E-state index contributed by atoms with van der Waals surface area (Å²) < 4.78 is 0. The van der Waals surface area contributed by atoms with Crippen LogP contribution in [0.15, 0.2) is 12.1 Å². The highest BCUT2D eigenvalue weighted by molar-refractivity contribution is 6.39. The molecule has 0 unspecified atom stereocenters. The van der Waals surface area contributed by atoms with E-state index in [2.05, 4.69) is 10.6 Å². The largest absolute Gasteiger partial charge is 0.386 e. The smallest absolute Gasteiger partial charge is 0.251 e. The third kappa shape index (κ3) is 2.42. The third-order valence-corrected chi connectivity index (χ3v) is 3.06. The van der Waals surface area contributed by atoms with Gasteiger partial charge in [0.15, 0.2) is 0 Å². The summed E-state index contributed by atoms with van der Waals surface area (Å²) in [5.74, 6) is -0.117. The molecular formula is C11H12Cl2N2O. The Labute approximate surface area is 104 Å². The van der Waals surface area contributed by atoms with Gasteiger partial charge in [-0.3, -0.25) is 4.79 Å². The van der Waals surface area contributed by atoms with Crippen LogP contribution in [0.1, 0.15) is 23.2 Å². The summed E-state index contributed by atoms with van der Waals surface area (Å²) in [7, 11) is 1.73. The van der Waals surface area contributed by atoms with Gasteiger partial charge in [0.1, 0.15) is 0 Å². The number of carbonyl (C=O) groups is 1. The van der Waals surface area contributed by atoms with Gasteiger partial charge in [0.2, 0.25) is 0 Å². The summed E-state index contributed by atoms with van der Waals surface area (Å²) in [4.78, 5) is 11.8. The zero-order valence-electron chi connectivity index (χ0n) is 8.81. The van der Waals surface area contributed by atoms with Crippen LogP contribution in [0.5, 0.6) is 0 Å². The Morgan fingerprint density at radius 2 is 1.88 bits per heavy atom. The van der Waals surface area contributed by atoms with E-state index in [9.17, 15) is 4.79 Å². The Bertz CT molecular complexity index is 407. The van der Waals surface area contributed by atoms with Gasteiger partial charge in [-0.1, -0.05) is 23.2 Å². The molecular weight excluding hydrogens is 247 g/mol. The number of anilines is 1. The molecule has 1 aliphatic carbocycles. The molecule has 1 aromatic rings. The molecule has 0 saturated heterocycles. The van der Waals surface area contributed by atoms with E-state index >= 15 is 0 Å². The third-order valence-electron chi connectivity index (χ3n) is 2.47. The Morgan fingerprint density at radius 3 is 2.31 bits per heavy atom. The van der Waals surface area contributed by atoms with Gasteiger partial charge in [-0.25, -0.2) is 0 Å². The minimum absolute atomic E-state index is 0.117. The summed E-state index contributed by atoms with van der Waals surface area (Å²) in [6, 6.07) is 3.57. The molecule has 0 spiro atoms. The van der Waals surface area contributed by atoms with Crippen LogP contribution >= 0.6 is 23.2 Å². The quantitative estimate of drug-likeness (QED) is 0.876. The first-order valence-corrected chi connectivity index (χ1v) is 5.85. The van der Waals surface area contributed by atoms with E-state index in [1.165, 1.54) is 0 Å². The molecule has 86 valence electrons. The second-order valence-corrected chi connectivity index (χ2v) is 4.63. The number of benzene rings is 1. The highest BCUT2D eigenvalue weighted by Crippen LogP contribution is 2.31. The maximum atomic E-state index is 11.8. The maximum Gasteiger partial charge on any atom is 0.251 e. The number of hydrogen-bond donors (Lipinski definition) is 2. The summed E-state index contributed by atoms with van der Waals surface area (Å²) >= 11 is 12.0. The van der Waals surface area contributed by atoms with Crippen molar-refractivity contribution in [1.82, 2.24) is 5.32 Å². The van der Waals surface area contributed by atoms with Crippen molar-refractivity contribution >= 4 is 34.8 Å². The van der Waals surface area contributed by atoms with Gasteiger partial charge in [0.25, 0.3) is 5.91 Å². The lowest BCUT2D eigenvalue weighted by Gasteiger charge is -2.09. The summed E-state index contributed by atoms with van der Waals surface area (Å²) in [5, 5.41) is 6.68. The minimum Gasteiger partial charge on any atom is -0.386 e. The van der Waals surface area contributed by atoms with Crippen molar-refractivity contribution in [3.63, 3.8) is 0 Å². The fourth-order valence-electron chi connectivity index (χ4n) is 1.44. The second kappa shape index (κ2) is 4.52. The number of rotatable bonds is 3. The molecule has 0 atom stereocenters. The Balaban J connectivity index is 2.24. The Morgan fingerprint density at radius 1 is 1.31 bits per heavy atom. The molecule has 0 bridgehead atoms. The SMILES string of the molecule is CNc1c(Cl)cc(C(=O)NC2CC2)cc1Cl. The van der Waals surface area contributed by atoms with Gasteiger partial charge in [0.05, 0.1) is 15.7 Å². The highest BCUT2D eigenvalue weighted by atomic mass is 35.5. The number of hydrogen-bond acceptors (Lipinski definition) is 2. The monoisotopic (exact) mass is 258 g/mol. The van der Waals surface area contributed by atoms with Crippen molar-refractivity contribution in [3.05, 3.63) is 27.7 Å². The lowest BCUT2D eigenvalue weighted by Crippen LogP contribution is -2.25. The fourth-order valence-corrected chi connectivity index (χ4v) is 2.12. The molecule has 0 radical (unpaired) electrons. The van der Waals surface area contributed by atoms with Crippen molar-refractivity contribution < 1.29 is 4.79 Å². The normalized spacial score (nSPS) is 14.7. The van der Waals surface area contributed by atoms with Crippen LogP contribution in [0.4, 0.5) is 5.69 Å². The van der Waals surface area contributed by atoms with Gasteiger partial charge >= 0.3 is 0 Å². The molecule has 16 heavy (non-hydrogen) atoms. The standard InChI is InChI=1S/C11H12Cl2N2O/c1-14-10-8(12)4-6(5-9(10)13)11(16)15-7-2-3-7/h4-5,7,14H,2-3H2,1H3,(H,15,16). The lowest BCUT2D eigenvalue weighted by molar-refractivity contribution is 0.0951. The van der Waals surface area contributed by atoms with Crippen LogP contribution in [0.2, 0.25) is 10.0 Å². The first-order valence-electron chi connectivity index (χ1n) is 5.09. The molecule has 0 aliphatic heterocycles. The predicted molar refractivity (Wildman–Crippen MR) is 66.5 cm³/mol. The zero-order chi connectivity index (χ0) is 11.7. The summed E-state index contributed by atoms with van der Waals surface area (Å²) in [6.45, 7) is 0. The van der Waals surface area contributed by atoms with Gasteiger partial charge in [0, 0.05) is 18.7 Å². The van der Waals surface area contributed by atoms with E-state index in [0.29, 0.717) is 27.3 Å². The Kier molecular flexibility index (Phi) is 3.26. The van der Waals surface area contributed by atoms with Crippen molar-refractivity contribution in [2.24, 2.45) is 0 Å². The van der Waals surface area contributed by atoms with E-state index < -0.39 is 0 Å². The van der Waals surface area contributed by atoms with E-state index in [-0.39, 0.29) is 5.91 Å². The van der Waals surface area contributed by atoms with Crippen molar-refractivity contribution in [3.8, 4) is 0 Å². The molecule has 1 amide bonds. The van der Waals surface area contributed by atoms with Crippen LogP contribution in [-0.4, -0.2) is 19.0 Å². The van der Waals surface area contributed by atoms with Crippen LogP contribution in [0.3, 0.4) is 0 Å². The Hall–Kier alpha value is -0.930. The number of nitrogens with one attached hydrogen (secondary N) is 2. The molecule has 1 aliphatic rings. The van der Waals surface area contributed by atoms with Crippen LogP contribution < -0.4 is 10.6 Å². The van der Waals surface area contributed by atoms with E-state index in [0.717, 1.165) is 12.8 Å². The number of carbonyl (C=O) groups excluding carboxylic acids is 1. The molecule has 0 aromatic heterocycles. The van der Waals surface area contributed by atoms with Gasteiger partial charge < -0.3 is 10.6 Å². The average molecular weight is 259 g/mol. The topological polar surface area (TPSA) is 41.1 Å². The number of halogens is 2. The molecule has 0 heterocycles. The van der Waals surface area contributed by atoms with E-state index in [4.69, 9.17) is 23.2 Å². The second-order valence-electron chi connectivity index (χ2n) is 3.81. The molecule has 1 aromatic carbocycles. The van der Waals surface area contributed by atoms with Crippen LogP contribution in [-0.2, 0) is 0 Å². The summed E-state index contributed by atoms with van der Waals surface area (Å²) in [6.07, 6.45) is 2.11. The molecule has 1 fully saturated rings. The van der Waals surface area contributed by atoms with Crippen molar-refractivity contribution in [2.45, 2.75) is 18.9 Å². The van der Waals surface area contributed by atoms with E-state index in [1.54, 1.807) is 19.2 Å². The van der Waals surface area contributed by atoms with Gasteiger partial charge in [-0.2, -0.15) is 0 Å². The van der Waals surface area contributed by atoms with Crippen molar-refractivity contribution in [2.75, 3.05) is 12.4 Å². The lowest BCUT2D eigenvalue weighted by atomic mass is 10.2. The fraction of sp³-hybridized carbons (Fsp3) is 0.364. The summed E-state index contributed by atoms with van der Waals surface area (Å²) in [5.41, 5.74) is 1.15. The molecule has 1 saturated carbocycles. The van der Waals surface area contributed by atoms with Crippen molar-refractivity contribution in [1.29, 1.82) is 0 Å². The molecule has 3 nitrogen and oxygen atoms in total. The minimum atomic E-state index is -0.117. The molecule has 2 N–H and O–H groups in total. The van der Waals surface area contributed by atoms with Crippen LogP contribution in [0, 0.1) is 0 Å². The first kappa shape index (κ1) is 11.6. The highest BCUT2D eigenvalue weighted by Gasteiger charge is 2.24. The average Bonchev–Trinajstić information content (AvgIpc) is 3.01. The zero-order valence-corrected chi connectivity index (χ0v) is 10.3. The van der Waals surface area contributed by atoms with Gasteiger partial charge in [-0.15, -0.1) is 0 Å². The first-order chi connectivity index (χ1) is 7.61. The number of amides is 1. The maximum absolute atomic E-state index is 11.8. The molecule has 2 rings (SSSR count). The van der Waals surface area contributed by atoms with E-state index in [1.807, 2.05) is 0 Å². The van der Waals surface area contributed by atoms with Gasteiger partial charge in [-0.05, 0) is 25.0 Å².